The third kappa shape index (κ3) is 3.23. The number of nitrogens with zero attached hydrogens (tertiary/aromatic N) is 2. The van der Waals surface area contributed by atoms with Crippen molar-refractivity contribution in [3.8, 4) is 0 Å². The maximum absolute atomic E-state index is 11.6. The molecule has 1 aliphatic heterocycles. The minimum atomic E-state index is -0.510. The summed E-state index contributed by atoms with van der Waals surface area (Å²) in [6.07, 6.45) is 3.18. The number of hydrogen-bond acceptors (Lipinski definition) is 5. The van der Waals surface area contributed by atoms with Gasteiger partial charge in [-0.25, -0.2) is 0 Å². The number of imide groups is 1. The zero-order chi connectivity index (χ0) is 12.3. The molecule has 0 spiro atoms. The molecule has 0 saturated heterocycles. The molecule has 90 valence electrons. The molecule has 0 aromatic carbocycles. The maximum atomic E-state index is 11.6. The first-order valence-corrected chi connectivity index (χ1v) is 10.4. The number of aromatic nitrogens is 1. The molecule has 0 atom stereocenters. The van der Waals surface area contributed by atoms with Gasteiger partial charge in [-0.05, 0) is 0 Å². The van der Waals surface area contributed by atoms with Crippen LogP contribution in [0.4, 0.5) is 0 Å². The van der Waals surface area contributed by atoms with Gasteiger partial charge >= 0.3 is 116 Å². The van der Waals surface area contributed by atoms with Gasteiger partial charge in [0.1, 0.15) is 0 Å². The van der Waals surface area contributed by atoms with Gasteiger partial charge < -0.3 is 0 Å². The number of carbonyl (C=O) groups is 2. The van der Waals surface area contributed by atoms with Crippen LogP contribution < -0.4 is 19.8 Å². The standard InChI is InChI=1S/C10H8IN2O2S2/c1-13-9(14)6-7(10(13)15)11-17-16-8-4-2-3-5-12-8/h2-6H,1H3/q-1. The Morgan fingerprint density at radius 3 is 2.76 bits per heavy atom. The number of halogens is 1. The van der Waals surface area contributed by atoms with Crippen molar-refractivity contribution in [2.45, 2.75) is 5.03 Å². The van der Waals surface area contributed by atoms with Gasteiger partial charge in [0, 0.05) is 0 Å². The Hall–Kier alpha value is -0.540. The van der Waals surface area contributed by atoms with E-state index in [1.165, 1.54) is 13.1 Å². The number of pyridine rings is 1. The van der Waals surface area contributed by atoms with Crippen molar-refractivity contribution in [2.24, 2.45) is 0 Å². The molecule has 0 N–H and O–H groups in total. The van der Waals surface area contributed by atoms with Gasteiger partial charge in [-0.2, -0.15) is 0 Å². The second-order valence-electron chi connectivity index (χ2n) is 3.09. The van der Waals surface area contributed by atoms with Crippen molar-refractivity contribution in [1.82, 2.24) is 9.88 Å². The molecular formula is C10H8IN2O2S2-. The van der Waals surface area contributed by atoms with E-state index in [1.54, 1.807) is 25.0 Å². The number of amides is 2. The molecule has 4 nitrogen and oxygen atoms in total. The van der Waals surface area contributed by atoms with Crippen LogP contribution in [0.3, 0.4) is 0 Å². The molecule has 1 aliphatic rings. The normalized spacial score (nSPS) is 15.6. The molecule has 1 aromatic heterocycles. The second kappa shape index (κ2) is 5.87. The van der Waals surface area contributed by atoms with Crippen molar-refractivity contribution in [3.63, 3.8) is 0 Å². The fourth-order valence-electron chi connectivity index (χ4n) is 1.06. The van der Waals surface area contributed by atoms with E-state index in [0.29, 0.717) is 3.58 Å². The first-order chi connectivity index (χ1) is 8.18. The Morgan fingerprint density at radius 1 is 1.35 bits per heavy atom. The zero-order valence-corrected chi connectivity index (χ0v) is 12.6. The summed E-state index contributed by atoms with van der Waals surface area (Å²) in [6.45, 7) is 0. The van der Waals surface area contributed by atoms with Crippen LogP contribution in [0.2, 0.25) is 0 Å². The van der Waals surface area contributed by atoms with Crippen LogP contribution in [-0.4, -0.2) is 28.7 Å². The molecule has 2 amide bonds. The van der Waals surface area contributed by atoms with Gasteiger partial charge in [-0.3, -0.25) is 0 Å². The number of carbonyl (C=O) groups excluding carboxylic acids is 2. The Morgan fingerprint density at radius 2 is 2.18 bits per heavy atom. The molecule has 2 heterocycles. The predicted molar refractivity (Wildman–Crippen MR) is 63.5 cm³/mol. The third-order valence-corrected chi connectivity index (χ3v) is 8.99. The van der Waals surface area contributed by atoms with Gasteiger partial charge in [0.25, 0.3) is 0 Å². The fraction of sp³-hybridized carbons (Fsp3) is 0.100. The van der Waals surface area contributed by atoms with Crippen molar-refractivity contribution < 1.29 is 29.4 Å². The molecule has 2 rings (SSSR count). The Balaban J connectivity index is 1.86. The molecule has 1 aromatic rings. The van der Waals surface area contributed by atoms with Gasteiger partial charge in [-0.15, -0.1) is 0 Å². The van der Waals surface area contributed by atoms with Crippen molar-refractivity contribution in [1.29, 1.82) is 0 Å². The number of hydrogen-bond donors (Lipinski definition) is 0. The monoisotopic (exact) mass is 379 g/mol. The number of likely N-dealkylation sites (N-methyl/N-ethyl adjacent to an activating group) is 1. The molecule has 0 aliphatic carbocycles. The van der Waals surface area contributed by atoms with E-state index in [-0.39, 0.29) is 11.8 Å². The second-order valence-corrected chi connectivity index (χ2v) is 10.5. The van der Waals surface area contributed by atoms with E-state index in [1.807, 2.05) is 18.2 Å². The Bertz CT molecular complexity index is 478. The minimum absolute atomic E-state index is 0.156. The van der Waals surface area contributed by atoms with Crippen LogP contribution in [0.15, 0.2) is 39.1 Å². The van der Waals surface area contributed by atoms with E-state index in [4.69, 9.17) is 0 Å². The van der Waals surface area contributed by atoms with Crippen LogP contribution >= 0.6 is 18.8 Å². The Kier molecular flexibility index (Phi) is 4.46. The summed E-state index contributed by atoms with van der Waals surface area (Å²) < 4.78 is 0.657. The van der Waals surface area contributed by atoms with E-state index < -0.39 is 19.8 Å². The van der Waals surface area contributed by atoms with Crippen LogP contribution in [0.5, 0.6) is 0 Å². The van der Waals surface area contributed by atoms with Gasteiger partial charge in [-0.1, -0.05) is 0 Å². The van der Waals surface area contributed by atoms with E-state index >= 15 is 0 Å². The average Bonchev–Trinajstić information content (AvgIpc) is 2.59. The fourth-order valence-corrected chi connectivity index (χ4v) is 8.15. The molecule has 0 saturated carbocycles. The predicted octanol–water partition coefficient (Wildman–Crippen LogP) is -1.29. The summed E-state index contributed by atoms with van der Waals surface area (Å²) in [7, 11) is 4.66. The van der Waals surface area contributed by atoms with Crippen molar-refractivity contribution in [2.75, 3.05) is 7.05 Å². The van der Waals surface area contributed by atoms with Gasteiger partial charge in [0.2, 0.25) is 0 Å². The molecular weight excluding hydrogens is 371 g/mol. The first kappa shape index (κ1) is 12.9. The summed E-state index contributed by atoms with van der Waals surface area (Å²) in [6, 6.07) is 5.70. The third-order valence-electron chi connectivity index (χ3n) is 1.96. The summed E-state index contributed by atoms with van der Waals surface area (Å²) in [5.74, 6) is -0.370. The zero-order valence-electron chi connectivity index (χ0n) is 8.79. The van der Waals surface area contributed by atoms with E-state index in [9.17, 15) is 9.59 Å². The van der Waals surface area contributed by atoms with Crippen LogP contribution in [0.25, 0.3) is 0 Å². The summed E-state index contributed by atoms with van der Waals surface area (Å²) in [5.41, 5.74) is 0. The topological polar surface area (TPSA) is 50.3 Å². The van der Waals surface area contributed by atoms with Crippen LogP contribution in [0.1, 0.15) is 0 Å². The summed E-state index contributed by atoms with van der Waals surface area (Å²) >= 11 is -0.510. The molecule has 7 heteroatoms. The van der Waals surface area contributed by atoms with Crippen LogP contribution in [-0.2, 0) is 9.59 Å². The molecule has 0 bridgehead atoms. The van der Waals surface area contributed by atoms with Gasteiger partial charge in [0.15, 0.2) is 0 Å². The molecule has 17 heavy (non-hydrogen) atoms. The SMILES string of the molecule is CN1C(=O)C=C([I-]SSc2ccccn2)C1=O. The van der Waals surface area contributed by atoms with Gasteiger partial charge in [0.05, 0.1) is 0 Å². The van der Waals surface area contributed by atoms with E-state index in [0.717, 1.165) is 9.93 Å². The molecule has 0 fully saturated rings. The van der Waals surface area contributed by atoms with Crippen molar-refractivity contribution >= 4 is 30.6 Å². The summed E-state index contributed by atoms with van der Waals surface area (Å²) in [5, 5.41) is 0.919. The molecule has 0 radical (unpaired) electrons. The van der Waals surface area contributed by atoms with Crippen LogP contribution in [0, 0.1) is 0 Å². The number of rotatable bonds is 4. The quantitative estimate of drug-likeness (QED) is 0.370. The van der Waals surface area contributed by atoms with E-state index in [2.05, 4.69) is 4.98 Å². The summed E-state index contributed by atoms with van der Waals surface area (Å²) in [4.78, 5) is 28.2. The average molecular weight is 379 g/mol. The molecule has 0 unspecified atom stereocenters. The first-order valence-electron chi connectivity index (χ1n) is 4.61. The van der Waals surface area contributed by atoms with Crippen molar-refractivity contribution in [3.05, 3.63) is 34.1 Å². The Labute approximate surface area is 115 Å².